The molecule has 1 fully saturated rings. The quantitative estimate of drug-likeness (QED) is 0.244. The number of rotatable bonds is 9. The van der Waals surface area contributed by atoms with Gasteiger partial charge in [0.05, 0.1) is 26.9 Å². The van der Waals surface area contributed by atoms with Gasteiger partial charge in [0, 0.05) is 31.7 Å². The van der Waals surface area contributed by atoms with Gasteiger partial charge in [-0.1, -0.05) is 36.4 Å². The van der Waals surface area contributed by atoms with Gasteiger partial charge in [-0.2, -0.15) is 0 Å². The number of benzene rings is 2. The lowest BCUT2D eigenvalue weighted by Gasteiger charge is -2.21. The maximum absolute atomic E-state index is 10.7. The normalized spacial score (nSPS) is 19.5. The Hall–Kier alpha value is -2.04. The van der Waals surface area contributed by atoms with Crippen LogP contribution in [-0.2, 0) is 6.54 Å². The molecule has 1 aliphatic heterocycles. The van der Waals surface area contributed by atoms with Crippen LogP contribution in [0.25, 0.3) is 0 Å². The Morgan fingerprint density at radius 1 is 1.15 bits per heavy atom. The number of likely N-dealkylation sites (tertiary alicyclic amines) is 1. The van der Waals surface area contributed by atoms with Crippen molar-refractivity contribution in [2.75, 3.05) is 33.9 Å². The summed E-state index contributed by atoms with van der Waals surface area (Å²) in [5, 5.41) is 17.5. The smallest absolute Gasteiger partial charge is 0.191 e. The molecule has 0 saturated carbocycles. The number of hydrogen-bond acceptors (Lipinski definition) is 5. The molecule has 0 aliphatic carbocycles. The number of aliphatic hydroxyl groups is 1. The standard InChI is InChI=1S/C25H36N4O3.HI/c1-5-26-25(27-15-22(30)20-11-12-23(31-3)24(14-20)32-4)28-21-13-18(2)29(17-21)16-19-9-7-6-8-10-19;/h6-12,14,18,21-22,30H,5,13,15-17H2,1-4H3,(H2,26,27,28);1H. The largest absolute Gasteiger partial charge is 0.493 e. The van der Waals surface area contributed by atoms with Gasteiger partial charge in [0.15, 0.2) is 17.5 Å². The van der Waals surface area contributed by atoms with E-state index in [1.165, 1.54) is 5.56 Å². The summed E-state index contributed by atoms with van der Waals surface area (Å²) in [6, 6.07) is 16.8. The zero-order chi connectivity index (χ0) is 22.9. The lowest BCUT2D eigenvalue weighted by Crippen LogP contribution is -2.44. The minimum atomic E-state index is -0.734. The number of guanidine groups is 1. The van der Waals surface area contributed by atoms with E-state index in [1.807, 2.05) is 13.0 Å². The Morgan fingerprint density at radius 3 is 2.55 bits per heavy atom. The molecule has 3 unspecified atom stereocenters. The number of methoxy groups -OCH3 is 2. The van der Waals surface area contributed by atoms with Crippen LogP contribution in [-0.4, -0.2) is 61.9 Å². The number of nitrogens with one attached hydrogen (secondary N) is 2. The minimum absolute atomic E-state index is 0. The van der Waals surface area contributed by atoms with E-state index in [0.29, 0.717) is 23.6 Å². The number of aliphatic imine (C=N–C) groups is 1. The van der Waals surface area contributed by atoms with E-state index in [0.717, 1.165) is 37.6 Å². The van der Waals surface area contributed by atoms with E-state index in [1.54, 1.807) is 26.4 Å². The molecular weight excluding hydrogens is 531 g/mol. The van der Waals surface area contributed by atoms with Crippen molar-refractivity contribution in [1.29, 1.82) is 0 Å². The zero-order valence-electron chi connectivity index (χ0n) is 20.0. The monoisotopic (exact) mass is 568 g/mol. The highest BCUT2D eigenvalue weighted by Crippen LogP contribution is 2.30. The number of aliphatic hydroxyl groups excluding tert-OH is 1. The van der Waals surface area contributed by atoms with Gasteiger partial charge in [-0.25, -0.2) is 0 Å². The molecule has 0 spiro atoms. The van der Waals surface area contributed by atoms with Crippen molar-refractivity contribution in [2.24, 2.45) is 4.99 Å². The van der Waals surface area contributed by atoms with Gasteiger partial charge in [0.2, 0.25) is 0 Å². The maximum atomic E-state index is 10.7. The summed E-state index contributed by atoms with van der Waals surface area (Å²) in [4.78, 5) is 7.13. The van der Waals surface area contributed by atoms with Crippen molar-refractivity contribution >= 4 is 29.9 Å². The van der Waals surface area contributed by atoms with E-state index in [-0.39, 0.29) is 30.5 Å². The summed E-state index contributed by atoms with van der Waals surface area (Å²) in [7, 11) is 3.18. The fourth-order valence-electron chi connectivity index (χ4n) is 4.10. The summed E-state index contributed by atoms with van der Waals surface area (Å²) >= 11 is 0. The Bertz CT molecular complexity index is 881. The average molecular weight is 569 g/mol. The molecule has 3 atom stereocenters. The molecule has 3 rings (SSSR count). The molecule has 1 aliphatic rings. The molecule has 2 aromatic carbocycles. The van der Waals surface area contributed by atoms with Gasteiger partial charge in [-0.05, 0) is 43.5 Å². The number of nitrogens with zero attached hydrogens (tertiary/aromatic N) is 2. The Balaban J connectivity index is 0.00000385. The highest BCUT2D eigenvalue weighted by molar-refractivity contribution is 14.0. The highest BCUT2D eigenvalue weighted by Gasteiger charge is 2.29. The molecule has 0 radical (unpaired) electrons. The second-order valence-electron chi connectivity index (χ2n) is 8.19. The first kappa shape index (κ1) is 27.2. The molecule has 2 aromatic rings. The number of ether oxygens (including phenoxy) is 2. The van der Waals surface area contributed by atoms with Gasteiger partial charge >= 0.3 is 0 Å². The van der Waals surface area contributed by atoms with Gasteiger partial charge in [-0.15, -0.1) is 24.0 Å². The topological polar surface area (TPSA) is 78.4 Å². The zero-order valence-corrected chi connectivity index (χ0v) is 22.3. The Kier molecular flexibility index (Phi) is 11.2. The average Bonchev–Trinajstić information content (AvgIpc) is 3.15. The summed E-state index contributed by atoms with van der Waals surface area (Å²) in [6.45, 7) is 7.23. The van der Waals surface area contributed by atoms with Crippen LogP contribution in [0.15, 0.2) is 53.5 Å². The lowest BCUT2D eigenvalue weighted by atomic mass is 10.1. The van der Waals surface area contributed by atoms with Crippen LogP contribution in [0, 0.1) is 0 Å². The summed E-state index contributed by atoms with van der Waals surface area (Å²) in [6.07, 6.45) is 0.317. The van der Waals surface area contributed by atoms with Crippen molar-refractivity contribution in [3.8, 4) is 11.5 Å². The van der Waals surface area contributed by atoms with Crippen LogP contribution in [0.4, 0.5) is 0 Å². The van der Waals surface area contributed by atoms with E-state index >= 15 is 0 Å². The molecular formula is C25H37IN4O3. The molecule has 0 amide bonds. The van der Waals surface area contributed by atoms with Crippen LogP contribution in [0.1, 0.15) is 37.5 Å². The SMILES string of the molecule is CCNC(=NCC(O)c1ccc(OC)c(OC)c1)NC1CC(C)N(Cc2ccccc2)C1.I. The van der Waals surface area contributed by atoms with Gasteiger partial charge in [0.25, 0.3) is 0 Å². The summed E-state index contributed by atoms with van der Waals surface area (Å²) < 4.78 is 10.6. The minimum Gasteiger partial charge on any atom is -0.493 e. The fourth-order valence-corrected chi connectivity index (χ4v) is 4.10. The van der Waals surface area contributed by atoms with Crippen LogP contribution in [0.3, 0.4) is 0 Å². The van der Waals surface area contributed by atoms with E-state index in [2.05, 4.69) is 57.8 Å². The molecule has 8 heteroatoms. The third kappa shape index (κ3) is 7.75. The van der Waals surface area contributed by atoms with E-state index < -0.39 is 6.10 Å². The fraction of sp³-hybridized carbons (Fsp3) is 0.480. The second-order valence-corrected chi connectivity index (χ2v) is 8.19. The van der Waals surface area contributed by atoms with E-state index in [9.17, 15) is 5.11 Å². The van der Waals surface area contributed by atoms with Crippen molar-refractivity contribution in [3.05, 3.63) is 59.7 Å². The highest BCUT2D eigenvalue weighted by atomic mass is 127. The summed E-state index contributed by atoms with van der Waals surface area (Å²) in [5.74, 6) is 1.96. The predicted molar refractivity (Wildman–Crippen MR) is 144 cm³/mol. The van der Waals surface area contributed by atoms with Gasteiger partial charge in [-0.3, -0.25) is 9.89 Å². The maximum Gasteiger partial charge on any atom is 0.191 e. The van der Waals surface area contributed by atoms with Crippen molar-refractivity contribution in [2.45, 2.75) is 45.0 Å². The molecule has 3 N–H and O–H groups in total. The third-order valence-corrected chi connectivity index (χ3v) is 5.83. The molecule has 33 heavy (non-hydrogen) atoms. The predicted octanol–water partition coefficient (Wildman–Crippen LogP) is 3.57. The van der Waals surface area contributed by atoms with Crippen molar-refractivity contribution in [3.63, 3.8) is 0 Å². The van der Waals surface area contributed by atoms with Gasteiger partial charge < -0.3 is 25.2 Å². The van der Waals surface area contributed by atoms with Crippen LogP contribution in [0.2, 0.25) is 0 Å². The molecule has 182 valence electrons. The second kappa shape index (κ2) is 13.6. The Morgan fingerprint density at radius 2 is 1.88 bits per heavy atom. The van der Waals surface area contributed by atoms with E-state index in [4.69, 9.17) is 9.47 Å². The van der Waals surface area contributed by atoms with Crippen molar-refractivity contribution in [1.82, 2.24) is 15.5 Å². The van der Waals surface area contributed by atoms with Crippen LogP contribution < -0.4 is 20.1 Å². The van der Waals surface area contributed by atoms with Crippen LogP contribution in [0.5, 0.6) is 11.5 Å². The van der Waals surface area contributed by atoms with Gasteiger partial charge in [0.1, 0.15) is 0 Å². The number of hydrogen-bond donors (Lipinski definition) is 3. The molecule has 0 aromatic heterocycles. The lowest BCUT2D eigenvalue weighted by molar-refractivity contribution is 0.186. The van der Waals surface area contributed by atoms with Crippen molar-refractivity contribution < 1.29 is 14.6 Å². The Labute approximate surface area is 214 Å². The molecule has 7 nitrogen and oxygen atoms in total. The molecule has 0 bridgehead atoms. The van der Waals surface area contributed by atoms with Crippen LogP contribution >= 0.6 is 24.0 Å². The first-order chi connectivity index (χ1) is 15.5. The number of halogens is 1. The summed E-state index contributed by atoms with van der Waals surface area (Å²) in [5.41, 5.74) is 2.07. The molecule has 1 saturated heterocycles. The molecule has 1 heterocycles. The first-order valence-corrected chi connectivity index (χ1v) is 11.3. The third-order valence-electron chi connectivity index (χ3n) is 5.83. The first-order valence-electron chi connectivity index (χ1n) is 11.3.